The second kappa shape index (κ2) is 5.87. The lowest BCUT2D eigenvalue weighted by molar-refractivity contribution is 0.627. The Morgan fingerprint density at radius 3 is 2.58 bits per heavy atom. The summed E-state index contributed by atoms with van der Waals surface area (Å²) in [5, 5.41) is 12.2. The highest BCUT2D eigenvalue weighted by Crippen LogP contribution is 2.17. The van der Waals surface area contributed by atoms with E-state index in [9.17, 15) is 4.39 Å². The van der Waals surface area contributed by atoms with Gasteiger partial charge in [-0.1, -0.05) is 12.1 Å². The predicted octanol–water partition coefficient (Wildman–Crippen LogP) is 2.93. The number of hydrogen-bond acceptors (Lipinski definition) is 3. The van der Waals surface area contributed by atoms with Crippen molar-refractivity contribution < 1.29 is 4.39 Å². The van der Waals surface area contributed by atoms with Crippen molar-refractivity contribution in [2.24, 2.45) is 0 Å². The van der Waals surface area contributed by atoms with Crippen LogP contribution in [0, 0.1) is 17.1 Å². The van der Waals surface area contributed by atoms with Gasteiger partial charge in [0.1, 0.15) is 11.9 Å². The van der Waals surface area contributed by atoms with E-state index >= 15 is 0 Å². The van der Waals surface area contributed by atoms with E-state index in [1.54, 1.807) is 30.3 Å². The Kier molecular flexibility index (Phi) is 3.99. The fourth-order valence-corrected chi connectivity index (χ4v) is 1.80. The maximum atomic E-state index is 12.7. The molecule has 0 aliphatic rings. The molecule has 0 amide bonds. The third-order valence-electron chi connectivity index (χ3n) is 2.81. The fourth-order valence-electron chi connectivity index (χ4n) is 1.80. The number of hydrogen-bond donors (Lipinski definition) is 2. The number of rotatable bonds is 4. The first-order chi connectivity index (χ1) is 9.19. The van der Waals surface area contributed by atoms with Crippen LogP contribution in [0.3, 0.4) is 0 Å². The van der Waals surface area contributed by atoms with Crippen LogP contribution in [0.25, 0.3) is 0 Å². The van der Waals surface area contributed by atoms with Gasteiger partial charge in [0.05, 0.1) is 11.3 Å². The van der Waals surface area contributed by atoms with E-state index in [0.29, 0.717) is 17.8 Å². The second-order valence-electron chi connectivity index (χ2n) is 4.22. The lowest BCUT2D eigenvalue weighted by atomic mass is 10.1. The topological polar surface area (TPSA) is 61.8 Å². The van der Waals surface area contributed by atoms with Crippen molar-refractivity contribution in [3.63, 3.8) is 0 Å². The Morgan fingerprint density at radius 1 is 1.16 bits per heavy atom. The summed E-state index contributed by atoms with van der Waals surface area (Å²) in [6.45, 7) is 0.671. The molecule has 0 radical (unpaired) electrons. The van der Waals surface area contributed by atoms with Gasteiger partial charge in [-0.15, -0.1) is 0 Å². The summed E-state index contributed by atoms with van der Waals surface area (Å²) in [7, 11) is 0. The van der Waals surface area contributed by atoms with Crippen LogP contribution in [0.2, 0.25) is 0 Å². The number of nitrogens with zero attached hydrogens (tertiary/aromatic N) is 1. The molecule has 2 aromatic rings. The van der Waals surface area contributed by atoms with Crippen LogP contribution in [-0.2, 0) is 6.42 Å². The van der Waals surface area contributed by atoms with Crippen LogP contribution in [0.5, 0.6) is 0 Å². The highest BCUT2D eigenvalue weighted by atomic mass is 19.1. The van der Waals surface area contributed by atoms with Crippen molar-refractivity contribution >= 4 is 11.4 Å². The van der Waals surface area contributed by atoms with Crippen molar-refractivity contribution in [2.45, 2.75) is 6.42 Å². The zero-order valence-corrected chi connectivity index (χ0v) is 10.4. The van der Waals surface area contributed by atoms with Gasteiger partial charge in [0, 0.05) is 12.2 Å². The molecular formula is C15H14FN3. The third kappa shape index (κ3) is 3.46. The zero-order valence-electron chi connectivity index (χ0n) is 10.4. The largest absolute Gasteiger partial charge is 0.399 e. The summed E-state index contributed by atoms with van der Waals surface area (Å²) in [4.78, 5) is 0. The number of nitrogen functional groups attached to an aromatic ring is 1. The molecule has 0 saturated heterocycles. The van der Waals surface area contributed by atoms with Gasteiger partial charge in [0.15, 0.2) is 0 Å². The Morgan fingerprint density at radius 2 is 1.89 bits per heavy atom. The van der Waals surface area contributed by atoms with Crippen molar-refractivity contribution in [1.29, 1.82) is 5.26 Å². The van der Waals surface area contributed by atoms with E-state index in [1.807, 2.05) is 0 Å². The number of benzene rings is 2. The lowest BCUT2D eigenvalue weighted by Crippen LogP contribution is -2.06. The van der Waals surface area contributed by atoms with Crippen LogP contribution < -0.4 is 11.1 Å². The van der Waals surface area contributed by atoms with Crippen molar-refractivity contribution in [2.75, 3.05) is 17.6 Å². The molecule has 3 N–H and O–H groups in total. The van der Waals surface area contributed by atoms with Crippen LogP contribution in [0.15, 0.2) is 42.5 Å². The average Bonchev–Trinajstić information content (AvgIpc) is 2.42. The van der Waals surface area contributed by atoms with E-state index in [2.05, 4.69) is 11.4 Å². The molecule has 2 aromatic carbocycles. The van der Waals surface area contributed by atoms with Gasteiger partial charge in [-0.05, 0) is 42.3 Å². The molecule has 0 saturated carbocycles. The molecule has 0 unspecified atom stereocenters. The van der Waals surface area contributed by atoms with Gasteiger partial charge in [0.2, 0.25) is 0 Å². The summed E-state index contributed by atoms with van der Waals surface area (Å²) in [6.07, 6.45) is 0.759. The smallest absolute Gasteiger partial charge is 0.123 e. The van der Waals surface area contributed by atoms with Gasteiger partial charge in [-0.2, -0.15) is 5.26 Å². The Balaban J connectivity index is 1.96. The lowest BCUT2D eigenvalue weighted by Gasteiger charge is -2.08. The molecule has 0 aliphatic heterocycles. The minimum atomic E-state index is -0.234. The van der Waals surface area contributed by atoms with Crippen LogP contribution in [0.1, 0.15) is 11.1 Å². The standard InChI is InChI=1S/C15H14FN3/c16-13-3-1-11(2-4-13)7-8-19-15-6-5-14(18)9-12(15)10-17/h1-6,9,19H,7-8,18H2. The first-order valence-electron chi connectivity index (χ1n) is 5.97. The van der Waals surface area contributed by atoms with Crippen LogP contribution >= 0.6 is 0 Å². The second-order valence-corrected chi connectivity index (χ2v) is 4.22. The van der Waals surface area contributed by atoms with E-state index in [0.717, 1.165) is 17.7 Å². The third-order valence-corrected chi connectivity index (χ3v) is 2.81. The molecule has 0 bridgehead atoms. The molecule has 3 nitrogen and oxygen atoms in total. The first kappa shape index (κ1) is 12.9. The molecule has 0 fully saturated rings. The summed E-state index contributed by atoms with van der Waals surface area (Å²) in [5.74, 6) is -0.234. The quantitative estimate of drug-likeness (QED) is 0.826. The van der Waals surface area contributed by atoms with Gasteiger partial charge in [0.25, 0.3) is 0 Å². The minimum Gasteiger partial charge on any atom is -0.399 e. The molecule has 2 rings (SSSR count). The van der Waals surface area contributed by atoms with Crippen molar-refractivity contribution in [1.82, 2.24) is 0 Å². The molecule has 4 heteroatoms. The molecule has 0 aliphatic carbocycles. The Bertz CT molecular complexity index is 600. The normalized spacial score (nSPS) is 9.89. The molecular weight excluding hydrogens is 241 g/mol. The minimum absolute atomic E-state index is 0.234. The van der Waals surface area contributed by atoms with Gasteiger partial charge < -0.3 is 11.1 Å². The monoisotopic (exact) mass is 255 g/mol. The molecule has 0 spiro atoms. The molecule has 0 aromatic heterocycles. The first-order valence-corrected chi connectivity index (χ1v) is 5.97. The summed E-state index contributed by atoms with van der Waals surface area (Å²) in [6, 6.07) is 13.7. The fraction of sp³-hybridized carbons (Fsp3) is 0.133. The number of nitrogens with one attached hydrogen (secondary N) is 1. The highest BCUT2D eigenvalue weighted by molar-refractivity contribution is 5.62. The van der Waals surface area contributed by atoms with Crippen LogP contribution in [0.4, 0.5) is 15.8 Å². The summed E-state index contributed by atoms with van der Waals surface area (Å²) in [5.41, 5.74) is 8.53. The molecule has 96 valence electrons. The van der Waals surface area contributed by atoms with Gasteiger partial charge in [-0.3, -0.25) is 0 Å². The number of nitrogens with two attached hydrogens (primary N) is 1. The number of anilines is 2. The van der Waals surface area contributed by atoms with Gasteiger partial charge >= 0.3 is 0 Å². The summed E-state index contributed by atoms with van der Waals surface area (Å²) < 4.78 is 12.7. The van der Waals surface area contributed by atoms with Crippen molar-refractivity contribution in [3.05, 3.63) is 59.4 Å². The van der Waals surface area contributed by atoms with E-state index < -0.39 is 0 Å². The average molecular weight is 255 g/mol. The number of nitriles is 1. The maximum Gasteiger partial charge on any atom is 0.123 e. The van der Waals surface area contributed by atoms with Gasteiger partial charge in [-0.25, -0.2) is 4.39 Å². The molecule has 0 heterocycles. The molecule has 19 heavy (non-hydrogen) atoms. The van der Waals surface area contributed by atoms with E-state index in [1.165, 1.54) is 12.1 Å². The van der Waals surface area contributed by atoms with Crippen molar-refractivity contribution in [3.8, 4) is 6.07 Å². The molecule has 0 atom stereocenters. The Hall–Kier alpha value is -2.54. The van der Waals surface area contributed by atoms with Crippen LogP contribution in [-0.4, -0.2) is 6.54 Å². The highest BCUT2D eigenvalue weighted by Gasteiger charge is 2.02. The summed E-state index contributed by atoms with van der Waals surface area (Å²) >= 11 is 0. The number of halogens is 1. The van der Waals surface area contributed by atoms with E-state index in [-0.39, 0.29) is 5.82 Å². The maximum absolute atomic E-state index is 12.7. The van der Waals surface area contributed by atoms with E-state index in [4.69, 9.17) is 11.0 Å². The predicted molar refractivity (Wildman–Crippen MR) is 74.2 cm³/mol. The SMILES string of the molecule is N#Cc1cc(N)ccc1NCCc1ccc(F)cc1. The Labute approximate surface area is 111 Å². The zero-order chi connectivity index (χ0) is 13.7.